The largest absolute Gasteiger partial charge is 0.459 e. The van der Waals surface area contributed by atoms with Crippen molar-refractivity contribution in [2.75, 3.05) is 5.32 Å². The number of aromatic nitrogens is 3. The lowest BCUT2D eigenvalue weighted by molar-refractivity contribution is 0.0996. The molecule has 0 saturated heterocycles. The molecule has 0 spiro atoms. The zero-order valence-corrected chi connectivity index (χ0v) is 17.4. The van der Waals surface area contributed by atoms with Gasteiger partial charge in [-0.2, -0.15) is 9.61 Å². The molecule has 29 heavy (non-hydrogen) atoms. The van der Waals surface area contributed by atoms with E-state index in [1.165, 1.54) is 39.9 Å². The Labute approximate surface area is 174 Å². The van der Waals surface area contributed by atoms with Crippen molar-refractivity contribution in [2.24, 2.45) is 0 Å². The lowest BCUT2D eigenvalue weighted by Crippen LogP contribution is -2.15. The summed E-state index contributed by atoms with van der Waals surface area (Å²) in [7, 11) is 0. The fraction of sp³-hybridized carbons (Fsp3) is 0.200. The predicted octanol–water partition coefficient (Wildman–Crippen LogP) is 4.41. The van der Waals surface area contributed by atoms with Crippen LogP contribution in [0.2, 0.25) is 0 Å². The van der Waals surface area contributed by atoms with Crippen LogP contribution in [-0.4, -0.2) is 20.5 Å². The predicted molar refractivity (Wildman–Crippen MR) is 114 cm³/mol. The van der Waals surface area contributed by atoms with Crippen LogP contribution < -0.4 is 10.9 Å². The summed E-state index contributed by atoms with van der Waals surface area (Å²) in [5, 5.41) is 8.08. The molecule has 0 radical (unpaired) electrons. The highest BCUT2D eigenvalue weighted by atomic mass is 32.2. The topological polar surface area (TPSA) is 89.5 Å². The van der Waals surface area contributed by atoms with E-state index < -0.39 is 0 Å². The maximum atomic E-state index is 12.4. The van der Waals surface area contributed by atoms with Crippen molar-refractivity contribution < 1.29 is 9.21 Å². The number of carbonyl (C=O) groups excluding carboxylic acids is 1. The summed E-state index contributed by atoms with van der Waals surface area (Å²) in [5.74, 6) is 0.667. The molecule has 3 aromatic heterocycles. The summed E-state index contributed by atoms with van der Waals surface area (Å²) in [5.41, 5.74) is 1.16. The lowest BCUT2D eigenvalue weighted by Gasteiger charge is -2.09. The van der Waals surface area contributed by atoms with Crippen molar-refractivity contribution in [3.63, 3.8) is 0 Å². The summed E-state index contributed by atoms with van der Waals surface area (Å²) < 4.78 is 6.49. The number of nitrogens with zero attached hydrogens (tertiary/aromatic N) is 3. The molecule has 7 nitrogen and oxygen atoms in total. The Morgan fingerprint density at radius 2 is 2.10 bits per heavy atom. The quantitative estimate of drug-likeness (QED) is 0.459. The van der Waals surface area contributed by atoms with Gasteiger partial charge >= 0.3 is 0 Å². The van der Waals surface area contributed by atoms with E-state index in [-0.39, 0.29) is 23.1 Å². The molecule has 148 valence electrons. The summed E-state index contributed by atoms with van der Waals surface area (Å²) in [4.78, 5) is 30.7. The van der Waals surface area contributed by atoms with Gasteiger partial charge < -0.3 is 9.73 Å². The van der Waals surface area contributed by atoms with E-state index in [0.717, 1.165) is 9.90 Å². The molecular weight excluding hydrogens is 408 g/mol. The maximum absolute atomic E-state index is 12.4. The van der Waals surface area contributed by atoms with Gasteiger partial charge in [0.05, 0.1) is 17.6 Å². The van der Waals surface area contributed by atoms with Crippen molar-refractivity contribution in [1.82, 2.24) is 14.6 Å². The normalized spacial score (nSPS) is 11.3. The first-order chi connectivity index (χ1) is 14.0. The van der Waals surface area contributed by atoms with E-state index in [1.54, 1.807) is 12.1 Å². The summed E-state index contributed by atoms with van der Waals surface area (Å²) in [6.07, 6.45) is 1.46. The number of amides is 1. The molecule has 1 amide bonds. The van der Waals surface area contributed by atoms with Crippen LogP contribution in [-0.2, 0) is 5.75 Å². The third-order valence-electron chi connectivity index (χ3n) is 4.06. The van der Waals surface area contributed by atoms with Crippen LogP contribution in [0.15, 0.2) is 62.8 Å². The first-order valence-corrected chi connectivity index (χ1v) is 10.8. The maximum Gasteiger partial charge on any atom is 0.291 e. The number of nitrogens with one attached hydrogen (secondary N) is 1. The van der Waals surface area contributed by atoms with Crippen LogP contribution in [0.1, 0.15) is 41.0 Å². The minimum atomic E-state index is -0.313. The second kappa shape index (κ2) is 8.22. The van der Waals surface area contributed by atoms with Crippen LogP contribution in [0, 0.1) is 0 Å². The van der Waals surface area contributed by atoms with Crippen LogP contribution in [0.25, 0.3) is 4.96 Å². The van der Waals surface area contributed by atoms with Crippen molar-refractivity contribution in [3.05, 3.63) is 75.5 Å². The minimum Gasteiger partial charge on any atom is -0.459 e. The highest BCUT2D eigenvalue weighted by molar-refractivity contribution is 7.98. The number of thioether (sulfide) groups is 1. The van der Waals surface area contributed by atoms with Gasteiger partial charge in [0, 0.05) is 22.6 Å². The molecule has 0 atom stereocenters. The Balaban J connectivity index is 1.53. The Bertz CT molecular complexity index is 1210. The Morgan fingerprint density at radius 3 is 2.86 bits per heavy atom. The summed E-state index contributed by atoms with van der Waals surface area (Å²) in [6, 6.07) is 12.3. The van der Waals surface area contributed by atoms with E-state index in [2.05, 4.69) is 15.4 Å². The molecule has 4 aromatic rings. The Hall–Kier alpha value is -2.91. The average Bonchev–Trinajstić information content (AvgIpc) is 3.37. The monoisotopic (exact) mass is 426 g/mol. The molecular formula is C20H18N4O3S2. The molecule has 0 unspecified atom stereocenters. The molecule has 0 aliphatic carbocycles. The number of furan rings is 1. The van der Waals surface area contributed by atoms with Gasteiger partial charge in [0.2, 0.25) is 4.96 Å². The molecule has 0 aliphatic heterocycles. The first-order valence-electron chi connectivity index (χ1n) is 8.97. The standard InChI is InChI=1S/C20H18N4O3S2/c1-12(2)19-23-24-17(25)10-13(21-20(24)29-19)11-28-16-8-4-3-6-14(16)22-18(26)15-7-5-9-27-15/h3-10,12H,11H2,1-2H3,(H,22,26). The van der Waals surface area contributed by atoms with Crippen molar-refractivity contribution in [2.45, 2.75) is 30.4 Å². The molecule has 0 saturated carbocycles. The van der Waals surface area contributed by atoms with Crippen molar-refractivity contribution >= 4 is 39.7 Å². The zero-order chi connectivity index (χ0) is 20.4. The van der Waals surface area contributed by atoms with Gasteiger partial charge in [-0.05, 0) is 24.3 Å². The molecule has 0 aliphatic rings. The van der Waals surface area contributed by atoms with E-state index in [4.69, 9.17) is 4.42 Å². The summed E-state index contributed by atoms with van der Waals surface area (Å²) >= 11 is 2.93. The highest BCUT2D eigenvalue weighted by Crippen LogP contribution is 2.30. The van der Waals surface area contributed by atoms with Crippen LogP contribution >= 0.6 is 23.1 Å². The highest BCUT2D eigenvalue weighted by Gasteiger charge is 2.14. The third kappa shape index (κ3) is 4.25. The van der Waals surface area contributed by atoms with E-state index >= 15 is 0 Å². The summed E-state index contributed by atoms with van der Waals surface area (Å²) in [6.45, 7) is 4.07. The van der Waals surface area contributed by atoms with Crippen molar-refractivity contribution in [3.8, 4) is 0 Å². The second-order valence-corrected chi connectivity index (χ2v) is 8.60. The van der Waals surface area contributed by atoms with Gasteiger partial charge in [0.15, 0.2) is 5.76 Å². The molecule has 1 N–H and O–H groups in total. The fourth-order valence-electron chi connectivity index (χ4n) is 2.62. The van der Waals surface area contributed by atoms with Gasteiger partial charge in [0.1, 0.15) is 5.01 Å². The molecule has 3 heterocycles. The Kier molecular flexibility index (Phi) is 5.50. The fourth-order valence-corrected chi connectivity index (χ4v) is 4.44. The number of fused-ring (bicyclic) bond motifs is 1. The van der Waals surface area contributed by atoms with Crippen LogP contribution in [0.5, 0.6) is 0 Å². The minimum absolute atomic E-state index is 0.187. The van der Waals surface area contributed by atoms with Crippen LogP contribution in [0.3, 0.4) is 0 Å². The van der Waals surface area contributed by atoms with E-state index in [9.17, 15) is 9.59 Å². The zero-order valence-electron chi connectivity index (χ0n) is 15.8. The molecule has 4 rings (SSSR count). The SMILES string of the molecule is CC(C)c1nn2c(=O)cc(CSc3ccccc3NC(=O)c3ccco3)nc2s1. The molecule has 1 aromatic carbocycles. The molecule has 9 heteroatoms. The number of para-hydroxylation sites is 1. The number of hydrogen-bond acceptors (Lipinski definition) is 7. The smallest absolute Gasteiger partial charge is 0.291 e. The van der Waals surface area contributed by atoms with Gasteiger partial charge in [-0.1, -0.05) is 37.3 Å². The lowest BCUT2D eigenvalue weighted by atomic mass is 10.2. The number of carbonyl (C=O) groups is 1. The van der Waals surface area contributed by atoms with Crippen LogP contribution in [0.4, 0.5) is 5.69 Å². The Morgan fingerprint density at radius 1 is 1.28 bits per heavy atom. The van der Waals surface area contributed by atoms with Gasteiger partial charge in [-0.3, -0.25) is 9.59 Å². The van der Waals surface area contributed by atoms with Gasteiger partial charge in [0.25, 0.3) is 11.5 Å². The van der Waals surface area contributed by atoms with Gasteiger partial charge in [-0.15, -0.1) is 11.8 Å². The van der Waals surface area contributed by atoms with E-state index in [1.807, 2.05) is 38.1 Å². The number of anilines is 1. The van der Waals surface area contributed by atoms with Gasteiger partial charge in [-0.25, -0.2) is 4.98 Å². The second-order valence-electron chi connectivity index (χ2n) is 6.59. The van der Waals surface area contributed by atoms with E-state index in [0.29, 0.717) is 22.1 Å². The van der Waals surface area contributed by atoms with Crippen molar-refractivity contribution in [1.29, 1.82) is 0 Å². The number of hydrogen-bond donors (Lipinski definition) is 1. The first kappa shape index (κ1) is 19.4. The number of benzene rings is 1. The molecule has 0 fully saturated rings. The third-order valence-corrected chi connectivity index (χ3v) is 6.38. The average molecular weight is 427 g/mol. The molecule has 0 bridgehead atoms. The number of rotatable bonds is 6.